The summed E-state index contributed by atoms with van der Waals surface area (Å²) in [5.41, 5.74) is -0.435. The number of nitro groups is 1. The highest BCUT2D eigenvalue weighted by Crippen LogP contribution is 2.30. The maximum Gasteiger partial charge on any atom is 0.348 e. The average molecular weight is 289 g/mol. The first kappa shape index (κ1) is 15.6. The van der Waals surface area contributed by atoms with Gasteiger partial charge < -0.3 is 10.4 Å². The van der Waals surface area contributed by atoms with E-state index in [1.807, 2.05) is 13.8 Å². The Balaban J connectivity index is 2.78. The second kappa shape index (κ2) is 6.63. The third-order valence-electron chi connectivity index (χ3n) is 2.71. The predicted molar refractivity (Wildman–Crippen MR) is 72.3 cm³/mol. The summed E-state index contributed by atoms with van der Waals surface area (Å²) >= 11 is 5.69. The minimum atomic E-state index is -0.606. The number of aliphatic hydroxyl groups is 1. The van der Waals surface area contributed by atoms with Crippen LogP contribution < -0.4 is 5.32 Å². The van der Waals surface area contributed by atoms with E-state index < -0.39 is 4.92 Å². The summed E-state index contributed by atoms with van der Waals surface area (Å²) in [6.07, 6.45) is 2.66. The Labute approximate surface area is 116 Å². The van der Waals surface area contributed by atoms with Gasteiger partial charge in [-0.1, -0.05) is 25.4 Å². The van der Waals surface area contributed by atoms with Crippen molar-refractivity contribution in [2.24, 2.45) is 5.41 Å². The molecule has 0 saturated heterocycles. The molecule has 0 bridgehead atoms. The number of nitrogens with zero attached hydrogens (tertiary/aromatic N) is 3. The smallest absolute Gasteiger partial charge is 0.348 e. The van der Waals surface area contributed by atoms with E-state index in [1.54, 1.807) is 0 Å². The third-order valence-corrected chi connectivity index (χ3v) is 2.98. The van der Waals surface area contributed by atoms with Crippen LogP contribution in [0.3, 0.4) is 0 Å². The second-order valence-corrected chi connectivity index (χ2v) is 5.32. The molecular weight excluding hydrogens is 272 g/mol. The Morgan fingerprint density at radius 2 is 2.21 bits per heavy atom. The number of anilines is 1. The predicted octanol–water partition coefficient (Wildman–Crippen LogP) is 2.25. The maximum absolute atomic E-state index is 10.9. The molecular formula is C11H17ClN4O3. The highest BCUT2D eigenvalue weighted by atomic mass is 35.5. The standard InChI is InChI=1S/C11H17ClN4O3/c1-11(2,4-3-5-17)6-13-10-8(16(18)19)9(12)14-7-15-10/h7,17H,3-6H2,1-2H3,(H,13,14,15). The lowest BCUT2D eigenvalue weighted by Crippen LogP contribution is -2.24. The highest BCUT2D eigenvalue weighted by Gasteiger charge is 2.24. The van der Waals surface area contributed by atoms with Crippen molar-refractivity contribution in [1.29, 1.82) is 0 Å². The molecule has 0 atom stereocenters. The number of nitrogens with one attached hydrogen (secondary N) is 1. The zero-order chi connectivity index (χ0) is 14.5. The quantitative estimate of drug-likeness (QED) is 0.453. The summed E-state index contributed by atoms with van der Waals surface area (Å²) in [6, 6.07) is 0. The molecule has 7 nitrogen and oxygen atoms in total. The summed E-state index contributed by atoms with van der Waals surface area (Å²) in [4.78, 5) is 17.7. The second-order valence-electron chi connectivity index (χ2n) is 4.96. The molecule has 8 heteroatoms. The fraction of sp³-hybridized carbons (Fsp3) is 0.636. The molecule has 0 aromatic carbocycles. The van der Waals surface area contributed by atoms with Crippen LogP contribution in [-0.4, -0.2) is 33.1 Å². The molecule has 0 amide bonds. The van der Waals surface area contributed by atoms with E-state index in [9.17, 15) is 10.1 Å². The van der Waals surface area contributed by atoms with Crippen molar-refractivity contribution in [1.82, 2.24) is 9.97 Å². The SMILES string of the molecule is CC(C)(CCCO)CNc1ncnc(Cl)c1[N+](=O)[O-]. The largest absolute Gasteiger partial charge is 0.396 e. The third kappa shape index (κ3) is 4.60. The van der Waals surface area contributed by atoms with Crippen LogP contribution in [0.4, 0.5) is 11.5 Å². The van der Waals surface area contributed by atoms with Crippen molar-refractivity contribution in [3.05, 3.63) is 21.6 Å². The van der Waals surface area contributed by atoms with Gasteiger partial charge in [0.25, 0.3) is 0 Å². The van der Waals surface area contributed by atoms with Crippen LogP contribution in [0.5, 0.6) is 0 Å². The van der Waals surface area contributed by atoms with Crippen molar-refractivity contribution >= 4 is 23.1 Å². The van der Waals surface area contributed by atoms with E-state index in [-0.39, 0.29) is 28.7 Å². The zero-order valence-corrected chi connectivity index (χ0v) is 11.6. The van der Waals surface area contributed by atoms with Gasteiger partial charge in [-0.05, 0) is 18.3 Å². The summed E-state index contributed by atoms with van der Waals surface area (Å²) in [6.45, 7) is 4.62. The molecule has 0 fully saturated rings. The van der Waals surface area contributed by atoms with Gasteiger partial charge in [-0.25, -0.2) is 9.97 Å². The Kier molecular flexibility index (Phi) is 5.44. The molecule has 0 spiro atoms. The molecule has 0 unspecified atom stereocenters. The van der Waals surface area contributed by atoms with E-state index in [0.717, 1.165) is 6.42 Å². The van der Waals surface area contributed by atoms with Crippen molar-refractivity contribution in [2.45, 2.75) is 26.7 Å². The molecule has 1 heterocycles. The van der Waals surface area contributed by atoms with Crippen LogP contribution >= 0.6 is 11.6 Å². The first-order valence-corrected chi connectivity index (χ1v) is 6.25. The van der Waals surface area contributed by atoms with Gasteiger partial charge in [0.2, 0.25) is 11.0 Å². The normalized spacial score (nSPS) is 11.4. The van der Waals surface area contributed by atoms with Crippen molar-refractivity contribution in [2.75, 3.05) is 18.5 Å². The van der Waals surface area contributed by atoms with E-state index in [0.29, 0.717) is 13.0 Å². The van der Waals surface area contributed by atoms with E-state index in [1.165, 1.54) is 6.33 Å². The van der Waals surface area contributed by atoms with Crippen molar-refractivity contribution in [3.8, 4) is 0 Å². The van der Waals surface area contributed by atoms with Crippen molar-refractivity contribution in [3.63, 3.8) is 0 Å². The number of hydrogen-bond acceptors (Lipinski definition) is 6. The minimum absolute atomic E-state index is 0.113. The van der Waals surface area contributed by atoms with Gasteiger partial charge in [-0.2, -0.15) is 0 Å². The summed E-state index contributed by atoms with van der Waals surface area (Å²) in [5, 5.41) is 22.5. The Morgan fingerprint density at radius 1 is 1.53 bits per heavy atom. The number of hydrogen-bond donors (Lipinski definition) is 2. The molecule has 1 rings (SSSR count). The van der Waals surface area contributed by atoms with Crippen LogP contribution in [0, 0.1) is 15.5 Å². The molecule has 0 radical (unpaired) electrons. The number of aromatic nitrogens is 2. The number of rotatable bonds is 7. The number of aliphatic hydroxyl groups excluding tert-OH is 1. The lowest BCUT2D eigenvalue weighted by atomic mass is 9.88. The zero-order valence-electron chi connectivity index (χ0n) is 10.9. The Morgan fingerprint density at radius 3 is 2.79 bits per heavy atom. The molecule has 0 saturated carbocycles. The summed E-state index contributed by atoms with van der Waals surface area (Å²) in [5.74, 6) is 0.113. The molecule has 1 aromatic heterocycles. The molecule has 2 N–H and O–H groups in total. The first-order valence-electron chi connectivity index (χ1n) is 5.87. The van der Waals surface area contributed by atoms with Crippen molar-refractivity contribution < 1.29 is 10.0 Å². The van der Waals surface area contributed by atoms with Gasteiger partial charge in [-0.3, -0.25) is 10.1 Å². The maximum atomic E-state index is 10.9. The summed E-state index contributed by atoms with van der Waals surface area (Å²) < 4.78 is 0. The lowest BCUT2D eigenvalue weighted by Gasteiger charge is -2.24. The van der Waals surface area contributed by atoms with Crippen LogP contribution in [0.1, 0.15) is 26.7 Å². The van der Waals surface area contributed by atoms with E-state index >= 15 is 0 Å². The topological polar surface area (TPSA) is 101 Å². The van der Waals surface area contributed by atoms with Gasteiger partial charge in [0.15, 0.2) is 0 Å². The van der Waals surface area contributed by atoms with E-state index in [2.05, 4.69) is 15.3 Å². The minimum Gasteiger partial charge on any atom is -0.396 e. The Hall–Kier alpha value is -1.47. The average Bonchev–Trinajstić information content (AvgIpc) is 2.33. The molecule has 0 aliphatic carbocycles. The highest BCUT2D eigenvalue weighted by molar-refractivity contribution is 6.31. The van der Waals surface area contributed by atoms with Gasteiger partial charge in [0.1, 0.15) is 6.33 Å². The first-order chi connectivity index (χ1) is 8.87. The van der Waals surface area contributed by atoms with Crippen LogP contribution in [-0.2, 0) is 0 Å². The monoisotopic (exact) mass is 288 g/mol. The summed E-state index contributed by atoms with van der Waals surface area (Å²) in [7, 11) is 0. The Bertz CT molecular complexity index is 454. The van der Waals surface area contributed by atoms with Crippen LogP contribution in [0.25, 0.3) is 0 Å². The van der Waals surface area contributed by atoms with Gasteiger partial charge >= 0.3 is 5.69 Å². The fourth-order valence-corrected chi connectivity index (χ4v) is 1.82. The molecule has 1 aromatic rings. The van der Waals surface area contributed by atoms with Crippen LogP contribution in [0.15, 0.2) is 6.33 Å². The fourth-order valence-electron chi connectivity index (χ4n) is 1.62. The van der Waals surface area contributed by atoms with Gasteiger partial charge in [0.05, 0.1) is 4.92 Å². The molecule has 106 valence electrons. The lowest BCUT2D eigenvalue weighted by molar-refractivity contribution is -0.384. The van der Waals surface area contributed by atoms with Crippen LogP contribution in [0.2, 0.25) is 5.15 Å². The molecule has 19 heavy (non-hydrogen) atoms. The molecule has 0 aliphatic rings. The molecule has 0 aliphatic heterocycles. The van der Waals surface area contributed by atoms with Gasteiger partial charge in [-0.15, -0.1) is 0 Å². The number of halogens is 1. The van der Waals surface area contributed by atoms with Gasteiger partial charge in [0, 0.05) is 13.2 Å². The van der Waals surface area contributed by atoms with E-state index in [4.69, 9.17) is 16.7 Å².